The van der Waals surface area contributed by atoms with Crippen molar-refractivity contribution in [2.45, 2.75) is 32.3 Å². The molecule has 3 N–H and O–H groups in total. The second kappa shape index (κ2) is 9.71. The topological polar surface area (TPSA) is 52.5 Å². The van der Waals surface area contributed by atoms with Crippen LogP contribution in [0.3, 0.4) is 0 Å². The van der Waals surface area contributed by atoms with Gasteiger partial charge in [0.1, 0.15) is 0 Å². The third kappa shape index (κ3) is 9.53. The molecule has 0 saturated carbocycles. The van der Waals surface area contributed by atoms with Gasteiger partial charge in [-0.2, -0.15) is 0 Å². The van der Waals surface area contributed by atoms with E-state index in [1.165, 1.54) is 0 Å². The molecule has 0 fully saturated rings. The zero-order chi connectivity index (χ0) is 9.94. The molecular formula is C10H21NO2. The molecule has 0 aromatic heterocycles. The first-order chi connectivity index (χ1) is 6.31. The van der Waals surface area contributed by atoms with Gasteiger partial charge >= 0.3 is 0 Å². The van der Waals surface area contributed by atoms with E-state index >= 15 is 0 Å². The monoisotopic (exact) mass is 187 g/mol. The maximum absolute atomic E-state index is 9.41. The number of aliphatic hydroxyl groups excluding tert-OH is 2. The fourth-order valence-electron chi connectivity index (χ4n) is 1.09. The SMILES string of the molecule is C/C=C/CCCC(O)CNCCO. The lowest BCUT2D eigenvalue weighted by atomic mass is 10.1. The largest absolute Gasteiger partial charge is 0.395 e. The average Bonchev–Trinajstić information content (AvgIpc) is 2.13. The number of rotatable bonds is 8. The summed E-state index contributed by atoms with van der Waals surface area (Å²) in [4.78, 5) is 0. The molecule has 0 amide bonds. The summed E-state index contributed by atoms with van der Waals surface area (Å²) in [6, 6.07) is 0. The van der Waals surface area contributed by atoms with Crippen LogP contribution in [0.1, 0.15) is 26.2 Å². The van der Waals surface area contributed by atoms with Crippen molar-refractivity contribution in [3.05, 3.63) is 12.2 Å². The molecule has 0 aliphatic carbocycles. The summed E-state index contributed by atoms with van der Waals surface area (Å²) in [5.74, 6) is 0. The molecular weight excluding hydrogens is 166 g/mol. The van der Waals surface area contributed by atoms with Crippen LogP contribution in [-0.2, 0) is 0 Å². The van der Waals surface area contributed by atoms with Gasteiger partial charge in [0.05, 0.1) is 12.7 Å². The summed E-state index contributed by atoms with van der Waals surface area (Å²) >= 11 is 0. The van der Waals surface area contributed by atoms with Gasteiger partial charge in [-0.3, -0.25) is 0 Å². The van der Waals surface area contributed by atoms with Crippen molar-refractivity contribution in [2.75, 3.05) is 19.7 Å². The molecule has 1 unspecified atom stereocenters. The highest BCUT2D eigenvalue weighted by Crippen LogP contribution is 2.00. The Morgan fingerprint density at radius 2 is 2.23 bits per heavy atom. The zero-order valence-electron chi connectivity index (χ0n) is 8.37. The lowest BCUT2D eigenvalue weighted by molar-refractivity contribution is 0.156. The third-order valence-corrected chi connectivity index (χ3v) is 1.81. The molecule has 3 nitrogen and oxygen atoms in total. The Morgan fingerprint density at radius 3 is 2.85 bits per heavy atom. The first-order valence-corrected chi connectivity index (χ1v) is 4.92. The zero-order valence-corrected chi connectivity index (χ0v) is 8.37. The predicted molar refractivity (Wildman–Crippen MR) is 54.6 cm³/mol. The van der Waals surface area contributed by atoms with E-state index in [1.807, 2.05) is 13.0 Å². The van der Waals surface area contributed by atoms with Gasteiger partial charge < -0.3 is 15.5 Å². The summed E-state index contributed by atoms with van der Waals surface area (Å²) < 4.78 is 0. The molecule has 0 saturated heterocycles. The van der Waals surface area contributed by atoms with E-state index in [4.69, 9.17) is 5.11 Å². The second-order valence-corrected chi connectivity index (χ2v) is 3.08. The Balaban J connectivity index is 3.14. The van der Waals surface area contributed by atoms with E-state index in [0.717, 1.165) is 19.3 Å². The maximum atomic E-state index is 9.41. The molecule has 0 spiro atoms. The van der Waals surface area contributed by atoms with Gasteiger partial charge in [0, 0.05) is 13.1 Å². The fraction of sp³-hybridized carbons (Fsp3) is 0.800. The van der Waals surface area contributed by atoms with Crippen LogP contribution < -0.4 is 5.32 Å². The van der Waals surface area contributed by atoms with Crippen LogP contribution in [0.5, 0.6) is 0 Å². The van der Waals surface area contributed by atoms with E-state index in [9.17, 15) is 5.11 Å². The number of nitrogens with one attached hydrogen (secondary N) is 1. The Kier molecular flexibility index (Phi) is 9.42. The standard InChI is InChI=1S/C10H21NO2/c1-2-3-4-5-6-10(13)9-11-7-8-12/h2-3,10-13H,4-9H2,1H3/b3-2+. The Morgan fingerprint density at radius 1 is 1.46 bits per heavy atom. The Hall–Kier alpha value is -0.380. The molecule has 3 heteroatoms. The number of allylic oxidation sites excluding steroid dienone is 2. The normalized spacial score (nSPS) is 13.8. The first-order valence-electron chi connectivity index (χ1n) is 4.92. The molecule has 13 heavy (non-hydrogen) atoms. The van der Waals surface area contributed by atoms with Gasteiger partial charge in [-0.25, -0.2) is 0 Å². The van der Waals surface area contributed by atoms with Crippen molar-refractivity contribution in [2.24, 2.45) is 0 Å². The van der Waals surface area contributed by atoms with Gasteiger partial charge in [-0.05, 0) is 26.2 Å². The highest BCUT2D eigenvalue weighted by atomic mass is 16.3. The fourth-order valence-corrected chi connectivity index (χ4v) is 1.09. The average molecular weight is 187 g/mol. The maximum Gasteiger partial charge on any atom is 0.0664 e. The summed E-state index contributed by atoms with van der Waals surface area (Å²) in [7, 11) is 0. The van der Waals surface area contributed by atoms with Gasteiger partial charge in [0.15, 0.2) is 0 Å². The summed E-state index contributed by atoms with van der Waals surface area (Å²) in [5, 5.41) is 20.8. The highest BCUT2D eigenvalue weighted by Gasteiger charge is 2.01. The van der Waals surface area contributed by atoms with Crippen LogP contribution >= 0.6 is 0 Å². The van der Waals surface area contributed by atoms with Crippen LogP contribution in [0.15, 0.2) is 12.2 Å². The molecule has 0 aromatic rings. The predicted octanol–water partition coefficient (Wildman–Crippen LogP) is 0.676. The minimum Gasteiger partial charge on any atom is -0.395 e. The number of hydrogen-bond donors (Lipinski definition) is 3. The lowest BCUT2D eigenvalue weighted by Gasteiger charge is -2.09. The van der Waals surface area contributed by atoms with Crippen LogP contribution in [-0.4, -0.2) is 36.0 Å². The summed E-state index contributed by atoms with van der Waals surface area (Å²) in [6.07, 6.45) is 6.73. The van der Waals surface area contributed by atoms with Crippen molar-refractivity contribution in [3.8, 4) is 0 Å². The lowest BCUT2D eigenvalue weighted by Crippen LogP contribution is -2.28. The molecule has 0 bridgehead atoms. The minimum absolute atomic E-state index is 0.130. The van der Waals surface area contributed by atoms with Crippen molar-refractivity contribution >= 4 is 0 Å². The van der Waals surface area contributed by atoms with Gasteiger partial charge in [0.2, 0.25) is 0 Å². The molecule has 78 valence electrons. The van der Waals surface area contributed by atoms with Crippen molar-refractivity contribution < 1.29 is 10.2 Å². The van der Waals surface area contributed by atoms with Crippen molar-refractivity contribution in [3.63, 3.8) is 0 Å². The smallest absolute Gasteiger partial charge is 0.0664 e. The van der Waals surface area contributed by atoms with Gasteiger partial charge in [-0.15, -0.1) is 0 Å². The molecule has 0 aliphatic rings. The Labute approximate surface area is 80.5 Å². The molecule has 0 heterocycles. The number of aliphatic hydroxyl groups is 2. The summed E-state index contributed by atoms with van der Waals surface area (Å²) in [6.45, 7) is 3.27. The van der Waals surface area contributed by atoms with Crippen molar-refractivity contribution in [1.29, 1.82) is 0 Å². The van der Waals surface area contributed by atoms with E-state index in [-0.39, 0.29) is 12.7 Å². The van der Waals surface area contributed by atoms with Crippen molar-refractivity contribution in [1.82, 2.24) is 5.32 Å². The number of unbranched alkanes of at least 4 members (excludes halogenated alkanes) is 1. The quantitative estimate of drug-likeness (QED) is 0.387. The minimum atomic E-state index is -0.281. The van der Waals surface area contributed by atoms with Crippen LogP contribution in [0.4, 0.5) is 0 Å². The van der Waals surface area contributed by atoms with E-state index in [0.29, 0.717) is 13.1 Å². The first kappa shape index (κ1) is 12.6. The van der Waals surface area contributed by atoms with Gasteiger partial charge in [-0.1, -0.05) is 12.2 Å². The van der Waals surface area contributed by atoms with Gasteiger partial charge in [0.25, 0.3) is 0 Å². The molecule has 1 atom stereocenters. The molecule has 0 aliphatic heterocycles. The highest BCUT2D eigenvalue weighted by molar-refractivity contribution is 4.76. The van der Waals surface area contributed by atoms with Crippen LogP contribution in [0, 0.1) is 0 Å². The molecule has 0 aromatic carbocycles. The second-order valence-electron chi connectivity index (χ2n) is 3.08. The molecule has 0 radical (unpaired) electrons. The van der Waals surface area contributed by atoms with Crippen LogP contribution in [0.2, 0.25) is 0 Å². The number of hydrogen-bond acceptors (Lipinski definition) is 3. The summed E-state index contributed by atoms with van der Waals surface area (Å²) in [5.41, 5.74) is 0. The molecule has 0 rings (SSSR count). The Bertz CT molecular complexity index is 126. The third-order valence-electron chi connectivity index (χ3n) is 1.81. The van der Waals surface area contributed by atoms with E-state index < -0.39 is 0 Å². The van der Waals surface area contributed by atoms with E-state index in [2.05, 4.69) is 11.4 Å². The van der Waals surface area contributed by atoms with Crippen LogP contribution in [0.25, 0.3) is 0 Å². The van der Waals surface area contributed by atoms with E-state index in [1.54, 1.807) is 0 Å².